The van der Waals surface area contributed by atoms with Gasteiger partial charge in [0.05, 0.1) is 12.5 Å². The largest absolute Gasteiger partial charge is 0.481 e. The number of alkyl carbamates (subject to hydrolysis) is 1. The van der Waals surface area contributed by atoms with Crippen LogP contribution in [0.5, 0.6) is 0 Å². The molecule has 4 atom stereocenters. The van der Waals surface area contributed by atoms with Crippen molar-refractivity contribution in [1.29, 1.82) is 0 Å². The third-order valence-corrected chi connectivity index (χ3v) is 4.54. The number of nitrogens with one attached hydrogen (secondary N) is 4. The Morgan fingerprint density at radius 3 is 1.86 bits per heavy atom. The highest BCUT2D eigenvalue weighted by atomic mass is 16.6. The molecule has 0 aromatic rings. The Morgan fingerprint density at radius 1 is 0.833 bits per heavy atom. The summed E-state index contributed by atoms with van der Waals surface area (Å²) >= 11 is 0. The van der Waals surface area contributed by atoms with E-state index in [0.29, 0.717) is 0 Å². The highest BCUT2D eigenvalue weighted by molar-refractivity contribution is 5.94. The molecule has 0 aromatic heterocycles. The smallest absolute Gasteiger partial charge is 0.408 e. The lowest BCUT2D eigenvalue weighted by Crippen LogP contribution is -2.58. The predicted molar refractivity (Wildman–Crippen MR) is 125 cm³/mol. The Morgan fingerprint density at radius 2 is 1.42 bits per heavy atom. The van der Waals surface area contributed by atoms with Crippen LogP contribution in [0.1, 0.15) is 60.8 Å². The number of carbonyl (C=O) groups excluding carboxylic acids is 5. The average Bonchev–Trinajstić information content (AvgIpc) is 2.71. The van der Waals surface area contributed by atoms with E-state index < -0.39 is 84.3 Å². The van der Waals surface area contributed by atoms with Gasteiger partial charge in [-0.05, 0) is 40.0 Å². The summed E-state index contributed by atoms with van der Waals surface area (Å²) in [5.41, 5.74) is -0.816. The van der Waals surface area contributed by atoms with E-state index in [-0.39, 0.29) is 12.7 Å². The normalized spacial score (nSPS) is 14.4. The molecule has 0 aliphatic carbocycles. The molecule has 36 heavy (non-hydrogen) atoms. The lowest BCUT2D eigenvalue weighted by Gasteiger charge is -2.27. The molecule has 0 aliphatic heterocycles. The third kappa shape index (κ3) is 13.2. The van der Waals surface area contributed by atoms with Crippen LogP contribution in [0.15, 0.2) is 0 Å². The van der Waals surface area contributed by atoms with Gasteiger partial charge in [0.15, 0.2) is 0 Å². The van der Waals surface area contributed by atoms with Crippen molar-refractivity contribution in [3.8, 4) is 0 Å². The summed E-state index contributed by atoms with van der Waals surface area (Å²) in [5.74, 6) is -5.59. The SMILES string of the molecule is CC(NC(=O)OC(C)(C)C)C(=O)NC(CCC(=O)O)C(=O)NC(C(=O)NC(C=O)CC(=O)O)C(C)C. The minimum absolute atomic E-state index is 0.250. The highest BCUT2D eigenvalue weighted by Gasteiger charge is 2.31. The van der Waals surface area contributed by atoms with Crippen LogP contribution in [0.4, 0.5) is 4.79 Å². The first-order chi connectivity index (χ1) is 16.5. The maximum absolute atomic E-state index is 12.9. The van der Waals surface area contributed by atoms with E-state index in [4.69, 9.17) is 14.9 Å². The number of carboxylic acid groups (broad SMARTS) is 2. The van der Waals surface area contributed by atoms with E-state index in [0.717, 1.165) is 0 Å². The molecule has 0 fully saturated rings. The number of ether oxygens (including phenoxy) is 1. The van der Waals surface area contributed by atoms with E-state index in [1.165, 1.54) is 6.92 Å². The Hall–Kier alpha value is -3.71. The number of hydrogen-bond acceptors (Lipinski definition) is 8. The molecule has 4 unspecified atom stereocenters. The maximum atomic E-state index is 12.9. The van der Waals surface area contributed by atoms with Gasteiger partial charge in [-0.2, -0.15) is 0 Å². The Bertz CT molecular complexity index is 837. The molecule has 14 heteroatoms. The molecule has 0 heterocycles. The van der Waals surface area contributed by atoms with E-state index in [1.807, 2.05) is 0 Å². The first kappa shape index (κ1) is 32.3. The van der Waals surface area contributed by atoms with Crippen LogP contribution in [-0.2, 0) is 33.5 Å². The van der Waals surface area contributed by atoms with Gasteiger partial charge in [0.2, 0.25) is 17.7 Å². The summed E-state index contributed by atoms with van der Waals surface area (Å²) in [4.78, 5) is 82.9. The number of amides is 4. The fraction of sp³-hybridized carbons (Fsp3) is 0.682. The molecule has 0 bridgehead atoms. The summed E-state index contributed by atoms with van der Waals surface area (Å²) in [6, 6.07) is -5.08. The average molecular weight is 517 g/mol. The second-order valence-electron chi connectivity index (χ2n) is 9.44. The predicted octanol–water partition coefficient (Wildman–Crippen LogP) is -0.452. The standard InChI is InChI=1S/C22H36N4O10/c1-11(2)17(20(34)24-13(10-27)9-16(30)31)26-19(33)14(7-8-15(28)29)25-18(32)12(3)23-21(35)36-22(4,5)6/h10-14,17H,7-9H2,1-6H3,(H,23,35)(H,24,34)(H,25,32)(H,26,33)(H,28,29)(H,30,31). The van der Waals surface area contributed by atoms with E-state index in [1.54, 1.807) is 34.6 Å². The monoisotopic (exact) mass is 516 g/mol. The van der Waals surface area contributed by atoms with Crippen LogP contribution in [0.3, 0.4) is 0 Å². The van der Waals surface area contributed by atoms with Crippen LogP contribution in [-0.4, -0.2) is 82.0 Å². The molecular formula is C22H36N4O10. The Labute approximate surface area is 208 Å². The number of aldehydes is 1. The summed E-state index contributed by atoms with van der Waals surface area (Å²) in [5, 5.41) is 27.1. The van der Waals surface area contributed by atoms with Crippen LogP contribution < -0.4 is 21.3 Å². The van der Waals surface area contributed by atoms with Crippen molar-refractivity contribution in [2.75, 3.05) is 0 Å². The van der Waals surface area contributed by atoms with Crippen molar-refractivity contribution in [2.45, 2.75) is 90.6 Å². The quantitative estimate of drug-likeness (QED) is 0.163. The van der Waals surface area contributed by atoms with Crippen molar-refractivity contribution in [1.82, 2.24) is 21.3 Å². The second kappa shape index (κ2) is 14.6. The van der Waals surface area contributed by atoms with Crippen molar-refractivity contribution in [2.24, 2.45) is 5.92 Å². The van der Waals surface area contributed by atoms with Gasteiger partial charge < -0.3 is 41.0 Å². The van der Waals surface area contributed by atoms with E-state index in [9.17, 15) is 33.6 Å². The molecule has 14 nitrogen and oxygen atoms in total. The van der Waals surface area contributed by atoms with Gasteiger partial charge in [-0.3, -0.25) is 24.0 Å². The van der Waals surface area contributed by atoms with Gasteiger partial charge in [-0.15, -0.1) is 0 Å². The fourth-order valence-electron chi connectivity index (χ4n) is 2.77. The van der Waals surface area contributed by atoms with Gasteiger partial charge in [0.25, 0.3) is 0 Å². The van der Waals surface area contributed by atoms with Crippen molar-refractivity contribution in [3.05, 3.63) is 0 Å². The Kier molecular flexibility index (Phi) is 13.1. The van der Waals surface area contributed by atoms with Gasteiger partial charge in [-0.25, -0.2) is 4.79 Å². The molecule has 0 radical (unpaired) electrons. The molecule has 0 aromatic carbocycles. The summed E-state index contributed by atoms with van der Waals surface area (Å²) in [6.45, 7) is 9.37. The summed E-state index contributed by atoms with van der Waals surface area (Å²) in [7, 11) is 0. The number of carbonyl (C=O) groups is 7. The van der Waals surface area contributed by atoms with Crippen LogP contribution in [0.25, 0.3) is 0 Å². The number of rotatable bonds is 14. The molecule has 0 rings (SSSR count). The maximum Gasteiger partial charge on any atom is 0.408 e. The van der Waals surface area contributed by atoms with E-state index >= 15 is 0 Å². The minimum Gasteiger partial charge on any atom is -0.481 e. The molecule has 4 amide bonds. The first-order valence-corrected chi connectivity index (χ1v) is 11.3. The Balaban J connectivity index is 5.47. The molecule has 0 saturated heterocycles. The number of carboxylic acids is 2. The van der Waals surface area contributed by atoms with Crippen LogP contribution >= 0.6 is 0 Å². The van der Waals surface area contributed by atoms with Gasteiger partial charge >= 0.3 is 18.0 Å². The lowest BCUT2D eigenvalue weighted by molar-refractivity contribution is -0.140. The zero-order valence-electron chi connectivity index (χ0n) is 21.2. The molecule has 0 aliphatic rings. The number of hydrogen-bond donors (Lipinski definition) is 6. The highest BCUT2D eigenvalue weighted by Crippen LogP contribution is 2.08. The summed E-state index contributed by atoms with van der Waals surface area (Å²) < 4.78 is 5.07. The van der Waals surface area contributed by atoms with Crippen molar-refractivity contribution >= 4 is 42.0 Å². The molecule has 6 N–H and O–H groups in total. The zero-order chi connectivity index (χ0) is 28.2. The van der Waals surface area contributed by atoms with Gasteiger partial charge in [0.1, 0.15) is 30.0 Å². The lowest BCUT2D eigenvalue weighted by atomic mass is 10.0. The fourth-order valence-corrected chi connectivity index (χ4v) is 2.77. The topological polar surface area (TPSA) is 217 Å². The zero-order valence-corrected chi connectivity index (χ0v) is 21.2. The van der Waals surface area contributed by atoms with Gasteiger partial charge in [-0.1, -0.05) is 13.8 Å². The van der Waals surface area contributed by atoms with E-state index in [2.05, 4.69) is 21.3 Å². The van der Waals surface area contributed by atoms with Crippen molar-refractivity contribution in [3.63, 3.8) is 0 Å². The number of aliphatic carboxylic acids is 2. The van der Waals surface area contributed by atoms with Crippen molar-refractivity contribution < 1.29 is 48.5 Å². The third-order valence-electron chi connectivity index (χ3n) is 4.54. The first-order valence-electron chi connectivity index (χ1n) is 11.3. The molecular weight excluding hydrogens is 480 g/mol. The van der Waals surface area contributed by atoms with Crippen LogP contribution in [0.2, 0.25) is 0 Å². The molecule has 204 valence electrons. The molecule has 0 saturated carbocycles. The van der Waals surface area contributed by atoms with Gasteiger partial charge in [0, 0.05) is 6.42 Å². The van der Waals surface area contributed by atoms with Crippen LogP contribution in [0, 0.1) is 5.92 Å². The second-order valence-corrected chi connectivity index (χ2v) is 9.44. The minimum atomic E-state index is -1.38. The summed E-state index contributed by atoms with van der Waals surface area (Å²) in [6.07, 6.45) is -2.10. The molecule has 0 spiro atoms.